The molecule has 0 saturated carbocycles. The minimum atomic E-state index is -0.0279. The monoisotopic (exact) mass is 795 g/mol. The Kier molecular flexibility index (Phi) is 9.16. The number of nitrogens with zero attached hydrogens (tertiary/aromatic N) is 3. The molecule has 2 heterocycles. The standard InChI is InChI=1S/C58H46BN3/c1-39-29-40(2)32-49(31-39)61-54-35-45(43-17-9-5-10-18-43)25-27-52(54)59-53-28-26-46(44-19-11-6-12-20-44)36-55(53)62(50-33-41(3)30-42(4)34-50)57-38-51(37-56(61)58(57)59)60(47-21-13-7-14-22-47)48-23-15-8-16-24-48/h5-38H,1-4H3. The molecule has 0 amide bonds. The summed E-state index contributed by atoms with van der Waals surface area (Å²) in [6, 6.07) is 76.4. The number of benzene rings is 9. The molecule has 2 aliphatic rings. The van der Waals surface area contributed by atoms with Crippen LogP contribution in [-0.4, -0.2) is 6.71 Å². The topological polar surface area (TPSA) is 9.72 Å². The lowest BCUT2D eigenvalue weighted by Crippen LogP contribution is -2.61. The van der Waals surface area contributed by atoms with E-state index in [1.807, 2.05) is 0 Å². The Balaban J connectivity index is 1.29. The summed E-state index contributed by atoms with van der Waals surface area (Å²) in [6.45, 7) is 8.83. The molecular weight excluding hydrogens is 749 g/mol. The van der Waals surface area contributed by atoms with Gasteiger partial charge in [-0.2, -0.15) is 0 Å². The molecule has 0 radical (unpaired) electrons. The molecule has 0 fully saturated rings. The summed E-state index contributed by atoms with van der Waals surface area (Å²) in [4.78, 5) is 7.52. The van der Waals surface area contributed by atoms with Crippen molar-refractivity contribution in [2.45, 2.75) is 27.7 Å². The highest BCUT2D eigenvalue weighted by Crippen LogP contribution is 2.49. The van der Waals surface area contributed by atoms with Gasteiger partial charge in [0.2, 0.25) is 0 Å². The van der Waals surface area contributed by atoms with E-state index in [0.29, 0.717) is 0 Å². The second-order valence-corrected chi connectivity index (χ2v) is 17.0. The van der Waals surface area contributed by atoms with Gasteiger partial charge in [-0.25, -0.2) is 0 Å². The van der Waals surface area contributed by atoms with E-state index < -0.39 is 0 Å². The SMILES string of the molecule is Cc1cc(C)cc(N2c3cc(-c4ccccc4)ccc3B3c4ccc(-c5ccccc5)cc4N(c4cc(C)cc(C)c4)c4cc(N(c5ccccc5)c5ccccc5)cc2c43)c1. The average molecular weight is 796 g/mol. The van der Waals surface area contributed by atoms with Crippen LogP contribution in [0.15, 0.2) is 206 Å². The molecule has 3 nitrogen and oxygen atoms in total. The molecule has 296 valence electrons. The molecule has 0 spiro atoms. The zero-order valence-electron chi connectivity index (χ0n) is 35.5. The zero-order chi connectivity index (χ0) is 41.9. The predicted molar refractivity (Wildman–Crippen MR) is 265 cm³/mol. The second kappa shape index (κ2) is 15.2. The normalized spacial score (nSPS) is 12.4. The van der Waals surface area contributed by atoms with E-state index in [1.165, 1.54) is 83.6 Å². The molecule has 9 aromatic carbocycles. The maximum Gasteiger partial charge on any atom is 0.252 e. The summed E-state index contributed by atoms with van der Waals surface area (Å²) < 4.78 is 0. The molecule has 2 aliphatic heterocycles. The molecule has 9 aromatic rings. The van der Waals surface area contributed by atoms with Gasteiger partial charge >= 0.3 is 0 Å². The highest BCUT2D eigenvalue weighted by Gasteiger charge is 2.44. The van der Waals surface area contributed by atoms with Crippen molar-refractivity contribution in [1.82, 2.24) is 0 Å². The molecule has 0 aliphatic carbocycles. The largest absolute Gasteiger partial charge is 0.311 e. The third kappa shape index (κ3) is 6.47. The molecule has 0 saturated heterocycles. The van der Waals surface area contributed by atoms with Crippen LogP contribution in [0.1, 0.15) is 22.3 Å². The van der Waals surface area contributed by atoms with E-state index in [0.717, 1.165) is 28.4 Å². The average Bonchev–Trinajstić information content (AvgIpc) is 3.29. The van der Waals surface area contributed by atoms with Crippen LogP contribution in [0.3, 0.4) is 0 Å². The van der Waals surface area contributed by atoms with Gasteiger partial charge in [-0.05, 0) is 161 Å². The Labute approximate surface area is 365 Å². The summed E-state index contributed by atoms with van der Waals surface area (Å²) in [5.41, 5.74) is 24.0. The van der Waals surface area contributed by atoms with Crippen LogP contribution >= 0.6 is 0 Å². The van der Waals surface area contributed by atoms with Gasteiger partial charge in [0.25, 0.3) is 6.71 Å². The van der Waals surface area contributed by atoms with Crippen LogP contribution in [0.2, 0.25) is 0 Å². The lowest BCUT2D eigenvalue weighted by molar-refractivity contribution is 1.21. The molecular formula is C58H46BN3. The van der Waals surface area contributed by atoms with E-state index in [2.05, 4.69) is 249 Å². The number of rotatable bonds is 7. The zero-order valence-corrected chi connectivity index (χ0v) is 35.5. The van der Waals surface area contributed by atoms with Crippen molar-refractivity contribution in [3.8, 4) is 22.3 Å². The molecule has 0 aromatic heterocycles. The summed E-state index contributed by atoms with van der Waals surface area (Å²) in [7, 11) is 0. The smallest absolute Gasteiger partial charge is 0.252 e. The molecule has 0 atom stereocenters. The fourth-order valence-corrected chi connectivity index (χ4v) is 10.0. The fourth-order valence-electron chi connectivity index (χ4n) is 10.0. The number of hydrogen-bond donors (Lipinski definition) is 0. The Morgan fingerprint density at radius 2 is 0.694 bits per heavy atom. The Morgan fingerprint density at radius 3 is 1.08 bits per heavy atom. The molecule has 4 heteroatoms. The molecule has 0 bridgehead atoms. The maximum atomic E-state index is 2.55. The van der Waals surface area contributed by atoms with E-state index in [4.69, 9.17) is 0 Å². The summed E-state index contributed by atoms with van der Waals surface area (Å²) >= 11 is 0. The summed E-state index contributed by atoms with van der Waals surface area (Å²) in [5, 5.41) is 0. The van der Waals surface area contributed by atoms with Gasteiger partial charge in [-0.3, -0.25) is 0 Å². The van der Waals surface area contributed by atoms with Crippen molar-refractivity contribution in [3.63, 3.8) is 0 Å². The minimum Gasteiger partial charge on any atom is -0.311 e. The first-order valence-corrected chi connectivity index (χ1v) is 21.6. The number of anilines is 9. The van der Waals surface area contributed by atoms with Gasteiger partial charge in [0.1, 0.15) is 0 Å². The molecule has 0 unspecified atom stereocenters. The highest BCUT2D eigenvalue weighted by atomic mass is 15.2. The number of hydrogen-bond acceptors (Lipinski definition) is 3. The van der Waals surface area contributed by atoms with E-state index >= 15 is 0 Å². The van der Waals surface area contributed by atoms with Gasteiger partial charge < -0.3 is 14.7 Å². The number of fused-ring (bicyclic) bond motifs is 4. The summed E-state index contributed by atoms with van der Waals surface area (Å²) in [6.07, 6.45) is 0. The van der Waals surface area contributed by atoms with Crippen molar-refractivity contribution in [1.29, 1.82) is 0 Å². The van der Waals surface area contributed by atoms with E-state index in [-0.39, 0.29) is 6.71 Å². The molecule has 0 N–H and O–H groups in total. The van der Waals surface area contributed by atoms with Gasteiger partial charge in [0, 0.05) is 45.5 Å². The van der Waals surface area contributed by atoms with Gasteiger partial charge in [-0.15, -0.1) is 0 Å². The third-order valence-corrected chi connectivity index (χ3v) is 12.5. The first kappa shape index (κ1) is 37.4. The Morgan fingerprint density at radius 1 is 0.323 bits per heavy atom. The van der Waals surface area contributed by atoms with Crippen molar-refractivity contribution < 1.29 is 0 Å². The van der Waals surface area contributed by atoms with Crippen LogP contribution in [0, 0.1) is 27.7 Å². The van der Waals surface area contributed by atoms with Crippen LogP contribution < -0.4 is 31.1 Å². The Bertz CT molecular complexity index is 2880. The van der Waals surface area contributed by atoms with Gasteiger partial charge in [-0.1, -0.05) is 133 Å². The lowest BCUT2D eigenvalue weighted by atomic mass is 9.33. The van der Waals surface area contributed by atoms with Gasteiger partial charge in [0.05, 0.1) is 5.69 Å². The minimum absolute atomic E-state index is 0.0279. The summed E-state index contributed by atoms with van der Waals surface area (Å²) in [5.74, 6) is 0. The Hall–Kier alpha value is -7.56. The predicted octanol–water partition coefficient (Wildman–Crippen LogP) is 13.8. The number of para-hydroxylation sites is 2. The van der Waals surface area contributed by atoms with Crippen molar-refractivity contribution >= 4 is 74.3 Å². The lowest BCUT2D eigenvalue weighted by Gasteiger charge is -2.45. The van der Waals surface area contributed by atoms with Crippen molar-refractivity contribution in [3.05, 3.63) is 229 Å². The fraction of sp³-hybridized carbons (Fsp3) is 0.0690. The maximum absolute atomic E-state index is 2.55. The van der Waals surface area contributed by atoms with E-state index in [9.17, 15) is 0 Å². The molecule has 62 heavy (non-hydrogen) atoms. The van der Waals surface area contributed by atoms with Gasteiger partial charge in [0.15, 0.2) is 0 Å². The first-order valence-electron chi connectivity index (χ1n) is 21.6. The number of aryl methyl sites for hydroxylation is 4. The highest BCUT2D eigenvalue weighted by molar-refractivity contribution is 7.00. The van der Waals surface area contributed by atoms with Crippen LogP contribution in [-0.2, 0) is 0 Å². The van der Waals surface area contributed by atoms with E-state index in [1.54, 1.807) is 0 Å². The third-order valence-electron chi connectivity index (χ3n) is 12.5. The molecule has 11 rings (SSSR count). The quantitative estimate of drug-likeness (QED) is 0.149. The first-order chi connectivity index (χ1) is 30.4. The van der Waals surface area contributed by atoms with Crippen molar-refractivity contribution in [2.24, 2.45) is 0 Å². The van der Waals surface area contributed by atoms with Crippen LogP contribution in [0.25, 0.3) is 22.3 Å². The van der Waals surface area contributed by atoms with Crippen LogP contribution in [0.5, 0.6) is 0 Å². The van der Waals surface area contributed by atoms with Crippen molar-refractivity contribution in [2.75, 3.05) is 14.7 Å². The van der Waals surface area contributed by atoms with Crippen LogP contribution in [0.4, 0.5) is 51.2 Å². The second-order valence-electron chi connectivity index (χ2n) is 17.0.